The number of hydrogen-bond donors (Lipinski definition) is 1. The molecule has 2 aliphatic rings. The van der Waals surface area contributed by atoms with E-state index in [1.54, 1.807) is 0 Å². The average Bonchev–Trinajstić information content (AvgIpc) is 2.86. The lowest BCUT2D eigenvalue weighted by Crippen LogP contribution is -2.39. The summed E-state index contributed by atoms with van der Waals surface area (Å²) in [6.07, 6.45) is 5.89. The predicted molar refractivity (Wildman–Crippen MR) is 83.3 cm³/mol. The van der Waals surface area contributed by atoms with E-state index in [2.05, 4.69) is 19.1 Å². The fourth-order valence-electron chi connectivity index (χ4n) is 2.97. The summed E-state index contributed by atoms with van der Waals surface area (Å²) in [6, 6.07) is 5.87. The Morgan fingerprint density at radius 2 is 2.36 bits per heavy atom. The fourth-order valence-corrected chi connectivity index (χ4v) is 2.97. The highest BCUT2D eigenvalue weighted by atomic mass is 16.5. The lowest BCUT2D eigenvalue weighted by Gasteiger charge is -2.31. The molecule has 0 bridgehead atoms. The van der Waals surface area contributed by atoms with Crippen molar-refractivity contribution in [2.45, 2.75) is 25.4 Å². The summed E-state index contributed by atoms with van der Waals surface area (Å²) < 4.78 is 11.9. The predicted octanol–water partition coefficient (Wildman–Crippen LogP) is 2.41. The zero-order valence-electron chi connectivity index (χ0n) is 12.7. The van der Waals surface area contributed by atoms with Gasteiger partial charge in [0.05, 0.1) is 13.2 Å². The number of carboxylic acids is 1. The number of carboxylic acid groups (broad SMARTS) is 1. The maximum Gasteiger partial charge on any atom is 0.317 e. The molecule has 1 spiro atoms. The second-order valence-electron chi connectivity index (χ2n) is 5.90. The highest BCUT2D eigenvalue weighted by Gasteiger charge is 2.40. The van der Waals surface area contributed by atoms with Gasteiger partial charge in [-0.25, -0.2) is 0 Å². The van der Waals surface area contributed by atoms with Crippen molar-refractivity contribution in [2.24, 2.45) is 0 Å². The summed E-state index contributed by atoms with van der Waals surface area (Å²) in [5, 5.41) is 8.92. The molecule has 22 heavy (non-hydrogen) atoms. The molecular formula is C17H21NO4. The van der Waals surface area contributed by atoms with Gasteiger partial charge in [-0.1, -0.05) is 13.0 Å². The summed E-state index contributed by atoms with van der Waals surface area (Å²) >= 11 is 0. The molecular weight excluding hydrogens is 282 g/mol. The van der Waals surface area contributed by atoms with Gasteiger partial charge in [0, 0.05) is 31.1 Å². The van der Waals surface area contributed by atoms with Gasteiger partial charge in [-0.05, 0) is 24.6 Å². The number of rotatable bonds is 5. The number of ether oxygens (including phenoxy) is 2. The van der Waals surface area contributed by atoms with E-state index in [0.717, 1.165) is 36.4 Å². The number of likely N-dealkylation sites (tertiary alicyclic amines) is 1. The average molecular weight is 303 g/mol. The van der Waals surface area contributed by atoms with Gasteiger partial charge in [0.2, 0.25) is 0 Å². The maximum atomic E-state index is 10.9. The summed E-state index contributed by atoms with van der Waals surface area (Å²) in [5.41, 5.74) is 0.623. The highest BCUT2D eigenvalue weighted by molar-refractivity contribution is 5.69. The van der Waals surface area contributed by atoms with Crippen molar-refractivity contribution in [2.75, 3.05) is 26.2 Å². The van der Waals surface area contributed by atoms with Crippen molar-refractivity contribution < 1.29 is 19.4 Å². The van der Waals surface area contributed by atoms with E-state index in [4.69, 9.17) is 14.6 Å². The maximum absolute atomic E-state index is 10.9. The molecule has 0 saturated carbocycles. The van der Waals surface area contributed by atoms with Crippen LogP contribution in [0.1, 0.15) is 25.3 Å². The molecule has 1 N–H and O–H groups in total. The molecule has 1 aromatic carbocycles. The Bertz CT molecular complexity index is 598. The first-order valence-electron chi connectivity index (χ1n) is 7.69. The minimum absolute atomic E-state index is 0.0610. The molecule has 0 aromatic heterocycles. The Morgan fingerprint density at radius 1 is 1.50 bits per heavy atom. The Balaban J connectivity index is 1.74. The van der Waals surface area contributed by atoms with Crippen LogP contribution in [-0.2, 0) is 4.79 Å². The Hall–Kier alpha value is -2.01. The van der Waals surface area contributed by atoms with Crippen molar-refractivity contribution in [3.05, 3.63) is 29.8 Å². The normalized spacial score (nSPS) is 23.3. The number of aliphatic carboxylic acids is 1. The van der Waals surface area contributed by atoms with Gasteiger partial charge in [0.15, 0.2) is 0 Å². The van der Waals surface area contributed by atoms with Crippen LogP contribution in [0.4, 0.5) is 0 Å². The summed E-state index contributed by atoms with van der Waals surface area (Å²) in [7, 11) is 0. The van der Waals surface area contributed by atoms with Crippen LogP contribution in [0.3, 0.4) is 0 Å². The van der Waals surface area contributed by atoms with Gasteiger partial charge < -0.3 is 14.6 Å². The molecule has 118 valence electrons. The highest BCUT2D eigenvalue weighted by Crippen LogP contribution is 2.38. The van der Waals surface area contributed by atoms with Gasteiger partial charge in [-0.3, -0.25) is 9.69 Å². The lowest BCUT2D eigenvalue weighted by molar-refractivity contribution is -0.138. The molecule has 1 fully saturated rings. The van der Waals surface area contributed by atoms with Crippen LogP contribution in [-0.4, -0.2) is 47.8 Å². The van der Waals surface area contributed by atoms with Crippen LogP contribution < -0.4 is 9.47 Å². The number of carbonyl (C=O) groups is 1. The van der Waals surface area contributed by atoms with Crippen molar-refractivity contribution in [1.82, 2.24) is 4.90 Å². The van der Waals surface area contributed by atoms with E-state index in [1.807, 2.05) is 23.1 Å². The third-order valence-electron chi connectivity index (χ3n) is 4.04. The zero-order chi connectivity index (χ0) is 15.6. The molecule has 2 heterocycles. The van der Waals surface area contributed by atoms with Crippen molar-refractivity contribution in [1.29, 1.82) is 0 Å². The van der Waals surface area contributed by atoms with Crippen LogP contribution in [0, 0.1) is 0 Å². The van der Waals surface area contributed by atoms with Gasteiger partial charge in [-0.2, -0.15) is 0 Å². The molecule has 0 aliphatic carbocycles. The molecule has 2 aliphatic heterocycles. The van der Waals surface area contributed by atoms with E-state index < -0.39 is 11.6 Å². The Kier molecular flexibility index (Phi) is 4.07. The van der Waals surface area contributed by atoms with E-state index in [0.29, 0.717) is 13.2 Å². The molecule has 5 heteroatoms. The van der Waals surface area contributed by atoms with E-state index >= 15 is 0 Å². The standard InChI is InChI=1S/C17H21NO4/c1-2-9-21-14-4-3-13-5-6-17(22-15(13)10-14)7-8-18(12-17)11-16(19)20/h3-6,10H,2,7-9,11-12H2,1H3,(H,19,20). The molecule has 1 unspecified atom stereocenters. The van der Waals surface area contributed by atoms with Crippen molar-refractivity contribution in [3.8, 4) is 11.5 Å². The first kappa shape index (κ1) is 14.9. The van der Waals surface area contributed by atoms with E-state index in [-0.39, 0.29) is 6.54 Å². The summed E-state index contributed by atoms with van der Waals surface area (Å²) in [6.45, 7) is 4.16. The summed E-state index contributed by atoms with van der Waals surface area (Å²) in [4.78, 5) is 12.8. The largest absolute Gasteiger partial charge is 0.493 e. The molecule has 1 aromatic rings. The molecule has 1 saturated heterocycles. The van der Waals surface area contributed by atoms with Crippen LogP contribution in [0.15, 0.2) is 24.3 Å². The van der Waals surface area contributed by atoms with E-state index in [1.165, 1.54) is 0 Å². The minimum atomic E-state index is -0.799. The van der Waals surface area contributed by atoms with Gasteiger partial charge in [0.25, 0.3) is 0 Å². The molecule has 1 atom stereocenters. The third-order valence-corrected chi connectivity index (χ3v) is 4.04. The quantitative estimate of drug-likeness (QED) is 0.905. The Labute approximate surface area is 130 Å². The first-order chi connectivity index (χ1) is 10.6. The molecule has 5 nitrogen and oxygen atoms in total. The minimum Gasteiger partial charge on any atom is -0.493 e. The zero-order valence-corrected chi connectivity index (χ0v) is 12.7. The summed E-state index contributed by atoms with van der Waals surface area (Å²) in [5.74, 6) is 0.826. The van der Waals surface area contributed by atoms with Crippen molar-refractivity contribution >= 4 is 12.0 Å². The monoisotopic (exact) mass is 303 g/mol. The number of fused-ring (bicyclic) bond motifs is 1. The number of benzene rings is 1. The topological polar surface area (TPSA) is 59.0 Å². The van der Waals surface area contributed by atoms with Gasteiger partial charge in [0.1, 0.15) is 17.1 Å². The SMILES string of the molecule is CCCOc1ccc2c(c1)OC1(C=C2)CCN(CC(=O)O)C1. The first-order valence-corrected chi connectivity index (χ1v) is 7.69. The van der Waals surface area contributed by atoms with Crippen molar-refractivity contribution in [3.63, 3.8) is 0 Å². The van der Waals surface area contributed by atoms with Crippen LogP contribution in [0.5, 0.6) is 11.5 Å². The van der Waals surface area contributed by atoms with Gasteiger partial charge >= 0.3 is 5.97 Å². The number of nitrogens with zero attached hydrogens (tertiary/aromatic N) is 1. The second-order valence-corrected chi connectivity index (χ2v) is 5.90. The molecule has 3 rings (SSSR count). The third kappa shape index (κ3) is 3.09. The second kappa shape index (κ2) is 6.01. The molecule has 0 radical (unpaired) electrons. The van der Waals surface area contributed by atoms with Gasteiger partial charge in [-0.15, -0.1) is 0 Å². The van der Waals surface area contributed by atoms with Crippen LogP contribution in [0.2, 0.25) is 0 Å². The Morgan fingerprint density at radius 3 is 3.14 bits per heavy atom. The number of hydrogen-bond acceptors (Lipinski definition) is 4. The lowest BCUT2D eigenvalue weighted by atomic mass is 9.97. The fraction of sp³-hybridized carbons (Fsp3) is 0.471. The van der Waals surface area contributed by atoms with Crippen LogP contribution in [0.25, 0.3) is 6.08 Å². The van der Waals surface area contributed by atoms with Crippen LogP contribution >= 0.6 is 0 Å². The smallest absolute Gasteiger partial charge is 0.317 e. The van der Waals surface area contributed by atoms with E-state index in [9.17, 15) is 4.79 Å². The molecule has 0 amide bonds.